The topological polar surface area (TPSA) is 44.6 Å². The molecule has 3 rings (SSSR count). The van der Waals surface area contributed by atoms with Gasteiger partial charge >= 0.3 is 0 Å². The number of nitrogens with zero attached hydrogens (tertiary/aromatic N) is 1. The smallest absolute Gasteiger partial charge is 0.124 e. The van der Waals surface area contributed by atoms with E-state index in [2.05, 4.69) is 5.48 Å². The molecule has 0 unspecified atom stereocenters. The summed E-state index contributed by atoms with van der Waals surface area (Å²) in [4.78, 5) is 5.06. The zero-order valence-electron chi connectivity index (χ0n) is 14.8. The average molecular weight is 321 g/mol. The molecule has 0 atom stereocenters. The molecule has 23 heavy (non-hydrogen) atoms. The van der Waals surface area contributed by atoms with Gasteiger partial charge in [-0.05, 0) is 50.4 Å². The van der Waals surface area contributed by atoms with Crippen molar-refractivity contribution in [2.75, 3.05) is 0 Å². The van der Waals surface area contributed by atoms with Crippen LogP contribution in [0.4, 0.5) is 0 Å². The highest BCUT2D eigenvalue weighted by Gasteiger charge is 2.35. The maximum absolute atomic E-state index is 9.91. The molecule has 0 aromatic rings. The number of amidine groups is 1. The predicted octanol–water partition coefficient (Wildman–Crippen LogP) is 5.47. The lowest BCUT2D eigenvalue weighted by Crippen LogP contribution is -2.40. The molecule has 3 aliphatic rings. The number of nitrogens with one attached hydrogen (secondary N) is 1. The van der Waals surface area contributed by atoms with Crippen molar-refractivity contribution < 1.29 is 5.21 Å². The molecule has 3 aliphatic carbocycles. The van der Waals surface area contributed by atoms with E-state index in [0.29, 0.717) is 12.0 Å². The van der Waals surface area contributed by atoms with Crippen LogP contribution >= 0.6 is 0 Å². The maximum Gasteiger partial charge on any atom is 0.124 e. The number of hydrogen-bond acceptors (Lipinski definition) is 2. The Labute approximate surface area is 142 Å². The molecule has 0 heterocycles. The monoisotopic (exact) mass is 320 g/mol. The van der Waals surface area contributed by atoms with E-state index in [1.54, 1.807) is 0 Å². The molecular formula is C20H36N2O. The van der Waals surface area contributed by atoms with Gasteiger partial charge in [-0.1, -0.05) is 57.8 Å². The van der Waals surface area contributed by atoms with Gasteiger partial charge in [0.25, 0.3) is 0 Å². The second-order valence-electron chi connectivity index (χ2n) is 8.24. The fourth-order valence-electron chi connectivity index (χ4n) is 5.41. The highest BCUT2D eigenvalue weighted by molar-refractivity contribution is 5.84. The van der Waals surface area contributed by atoms with Gasteiger partial charge in [-0.2, -0.15) is 0 Å². The van der Waals surface area contributed by atoms with Gasteiger partial charge in [0.05, 0.1) is 6.04 Å². The Morgan fingerprint density at radius 1 is 0.696 bits per heavy atom. The van der Waals surface area contributed by atoms with Crippen LogP contribution in [0.5, 0.6) is 0 Å². The van der Waals surface area contributed by atoms with Gasteiger partial charge in [-0.25, -0.2) is 0 Å². The van der Waals surface area contributed by atoms with E-state index in [0.717, 1.165) is 17.7 Å². The van der Waals surface area contributed by atoms with Crippen LogP contribution in [0.2, 0.25) is 0 Å². The third kappa shape index (κ3) is 4.71. The first kappa shape index (κ1) is 17.3. The fraction of sp³-hybridized carbons (Fsp3) is 0.950. The molecule has 3 fully saturated rings. The summed E-state index contributed by atoms with van der Waals surface area (Å²) >= 11 is 0. The zero-order chi connectivity index (χ0) is 15.9. The minimum Gasteiger partial charge on any atom is -0.290 e. The van der Waals surface area contributed by atoms with Crippen molar-refractivity contribution in [3.8, 4) is 0 Å². The van der Waals surface area contributed by atoms with Gasteiger partial charge in [-0.15, -0.1) is 0 Å². The Kier molecular flexibility index (Phi) is 6.79. The summed E-state index contributed by atoms with van der Waals surface area (Å²) in [5.41, 5.74) is 2.59. The third-order valence-electron chi connectivity index (χ3n) is 6.64. The van der Waals surface area contributed by atoms with Crippen LogP contribution in [0.3, 0.4) is 0 Å². The molecule has 0 spiro atoms. The molecular weight excluding hydrogens is 284 g/mol. The van der Waals surface area contributed by atoms with Crippen LogP contribution in [0.25, 0.3) is 0 Å². The molecule has 0 aromatic heterocycles. The number of aliphatic imine (C=N–C) groups is 1. The second-order valence-corrected chi connectivity index (χ2v) is 8.24. The van der Waals surface area contributed by atoms with E-state index in [1.165, 1.54) is 96.3 Å². The Balaban J connectivity index is 1.76. The van der Waals surface area contributed by atoms with E-state index in [1.807, 2.05) is 0 Å². The molecule has 3 heteroatoms. The van der Waals surface area contributed by atoms with Crippen molar-refractivity contribution >= 4 is 5.84 Å². The molecule has 0 aromatic carbocycles. The van der Waals surface area contributed by atoms with Crippen molar-refractivity contribution in [2.45, 2.75) is 102 Å². The zero-order valence-corrected chi connectivity index (χ0v) is 14.8. The largest absolute Gasteiger partial charge is 0.290 e. The van der Waals surface area contributed by atoms with Crippen LogP contribution in [0, 0.1) is 17.8 Å². The lowest BCUT2D eigenvalue weighted by Gasteiger charge is -2.38. The van der Waals surface area contributed by atoms with E-state index in [-0.39, 0.29) is 0 Å². The number of rotatable bonds is 4. The first-order chi connectivity index (χ1) is 11.4. The maximum atomic E-state index is 9.91. The molecule has 0 aliphatic heterocycles. The highest BCUT2D eigenvalue weighted by atomic mass is 16.5. The van der Waals surface area contributed by atoms with Gasteiger partial charge in [0, 0.05) is 5.92 Å². The Morgan fingerprint density at radius 3 is 1.57 bits per heavy atom. The molecule has 0 radical (unpaired) electrons. The number of hydroxylamine groups is 1. The lowest BCUT2D eigenvalue weighted by atomic mass is 9.69. The summed E-state index contributed by atoms with van der Waals surface area (Å²) in [6.45, 7) is 0. The summed E-state index contributed by atoms with van der Waals surface area (Å²) < 4.78 is 0. The first-order valence-corrected chi connectivity index (χ1v) is 10.4. The summed E-state index contributed by atoms with van der Waals surface area (Å²) in [6, 6.07) is 0.452. The summed E-state index contributed by atoms with van der Waals surface area (Å²) in [7, 11) is 0. The van der Waals surface area contributed by atoms with Crippen molar-refractivity contribution in [3.05, 3.63) is 0 Å². The SMILES string of the molecule is ONC(=NC1CCCCC1)C(C1CCCCC1)C1CCCCC1. The van der Waals surface area contributed by atoms with Gasteiger partial charge in [0.2, 0.25) is 0 Å². The summed E-state index contributed by atoms with van der Waals surface area (Å²) in [6.07, 6.45) is 20.1. The minimum atomic E-state index is 0.452. The molecule has 0 saturated heterocycles. The van der Waals surface area contributed by atoms with Crippen LogP contribution in [-0.4, -0.2) is 17.1 Å². The Morgan fingerprint density at radius 2 is 1.13 bits per heavy atom. The average Bonchev–Trinajstić information content (AvgIpc) is 2.64. The lowest BCUT2D eigenvalue weighted by molar-refractivity contribution is 0.164. The first-order valence-electron chi connectivity index (χ1n) is 10.4. The minimum absolute atomic E-state index is 0.452. The standard InChI is InChI=1S/C20H36N2O/c23-22-20(21-18-14-8-3-9-15-18)19(16-10-4-1-5-11-16)17-12-6-2-7-13-17/h16-19,23H,1-15H2,(H,21,22). The van der Waals surface area contributed by atoms with Gasteiger partial charge in [-0.3, -0.25) is 15.7 Å². The van der Waals surface area contributed by atoms with Crippen LogP contribution < -0.4 is 5.48 Å². The van der Waals surface area contributed by atoms with E-state index in [9.17, 15) is 5.21 Å². The van der Waals surface area contributed by atoms with Crippen LogP contribution in [0.15, 0.2) is 4.99 Å². The predicted molar refractivity (Wildman–Crippen MR) is 95.9 cm³/mol. The van der Waals surface area contributed by atoms with Crippen LogP contribution in [-0.2, 0) is 0 Å². The second kappa shape index (κ2) is 9.05. The van der Waals surface area contributed by atoms with Crippen molar-refractivity contribution in [1.82, 2.24) is 5.48 Å². The molecule has 3 saturated carbocycles. The van der Waals surface area contributed by atoms with Crippen molar-refractivity contribution in [1.29, 1.82) is 0 Å². The highest BCUT2D eigenvalue weighted by Crippen LogP contribution is 2.40. The quantitative estimate of drug-likeness (QED) is 0.409. The van der Waals surface area contributed by atoms with E-state index in [4.69, 9.17) is 4.99 Å². The molecule has 132 valence electrons. The molecule has 0 amide bonds. The van der Waals surface area contributed by atoms with Crippen molar-refractivity contribution in [3.63, 3.8) is 0 Å². The van der Waals surface area contributed by atoms with Gasteiger partial charge in [0.15, 0.2) is 0 Å². The fourth-order valence-corrected chi connectivity index (χ4v) is 5.41. The summed E-state index contributed by atoms with van der Waals surface area (Å²) in [5.74, 6) is 2.93. The molecule has 2 N–H and O–H groups in total. The van der Waals surface area contributed by atoms with Gasteiger partial charge in [0.1, 0.15) is 5.84 Å². The third-order valence-corrected chi connectivity index (χ3v) is 6.64. The number of hydrogen-bond donors (Lipinski definition) is 2. The van der Waals surface area contributed by atoms with Gasteiger partial charge < -0.3 is 0 Å². The normalized spacial score (nSPS) is 26.6. The molecule has 3 nitrogen and oxygen atoms in total. The molecule has 0 bridgehead atoms. The Bertz CT molecular complexity index is 346. The summed E-state index contributed by atoms with van der Waals surface area (Å²) in [5, 5.41) is 9.91. The van der Waals surface area contributed by atoms with E-state index < -0.39 is 0 Å². The van der Waals surface area contributed by atoms with Crippen LogP contribution in [0.1, 0.15) is 96.3 Å². The Hall–Kier alpha value is -0.570. The van der Waals surface area contributed by atoms with E-state index >= 15 is 0 Å². The van der Waals surface area contributed by atoms with Crippen molar-refractivity contribution in [2.24, 2.45) is 22.7 Å².